The minimum atomic E-state index is -3.87. The van der Waals surface area contributed by atoms with Crippen molar-refractivity contribution in [2.75, 3.05) is 31.3 Å². The van der Waals surface area contributed by atoms with Gasteiger partial charge >= 0.3 is 0 Å². The van der Waals surface area contributed by atoms with Crippen molar-refractivity contribution in [3.8, 4) is 0 Å². The van der Waals surface area contributed by atoms with E-state index in [-0.39, 0.29) is 32.5 Å². The van der Waals surface area contributed by atoms with Crippen LogP contribution in [-0.4, -0.2) is 53.2 Å². The number of carbonyl (C=O) groups excluding carboxylic acids is 1. The number of rotatable bonds is 25. The van der Waals surface area contributed by atoms with Crippen LogP contribution in [0, 0.1) is 0 Å². The first kappa shape index (κ1) is 38.4. The Balaban J connectivity index is 2.82. The van der Waals surface area contributed by atoms with Crippen molar-refractivity contribution in [3.05, 3.63) is 17.7 Å². The molecule has 0 atom stereocenters. The van der Waals surface area contributed by atoms with Gasteiger partial charge < -0.3 is 10.6 Å². The monoisotopic (exact) mass is 628 g/mol. The van der Waals surface area contributed by atoms with Crippen molar-refractivity contribution in [2.24, 2.45) is 0 Å². The molecule has 0 saturated carbocycles. The molecule has 244 valence electrons. The standard InChI is InChI=1S/C33H60N2O5S2/c1-5-7-9-11-13-15-17-19-21-23-25-41(37,38)29-27-30(33(36)35(3)4)32(34)31(28-29)42(39,40)26-24-22-20-18-16-14-12-10-8-6-2/h27-28H,5-26,34H2,1-4H3. The first-order chi connectivity index (χ1) is 20.0. The van der Waals surface area contributed by atoms with Gasteiger partial charge in [-0.3, -0.25) is 4.79 Å². The summed E-state index contributed by atoms with van der Waals surface area (Å²) in [7, 11) is -4.59. The van der Waals surface area contributed by atoms with Crippen molar-refractivity contribution in [1.29, 1.82) is 0 Å². The fourth-order valence-corrected chi connectivity index (χ4v) is 8.29. The average Bonchev–Trinajstić information content (AvgIpc) is 2.94. The molecular formula is C33H60N2O5S2. The quantitative estimate of drug-likeness (QED) is 0.0859. The van der Waals surface area contributed by atoms with E-state index in [0.29, 0.717) is 12.8 Å². The van der Waals surface area contributed by atoms with Crippen molar-refractivity contribution >= 4 is 31.3 Å². The van der Waals surface area contributed by atoms with Gasteiger partial charge in [0.15, 0.2) is 19.7 Å². The third kappa shape index (κ3) is 14.7. The van der Waals surface area contributed by atoms with Gasteiger partial charge in [0.25, 0.3) is 5.91 Å². The molecule has 0 fully saturated rings. The van der Waals surface area contributed by atoms with Crippen molar-refractivity contribution in [2.45, 2.75) is 152 Å². The normalized spacial score (nSPS) is 12.1. The summed E-state index contributed by atoms with van der Waals surface area (Å²) in [6.07, 6.45) is 21.6. The lowest BCUT2D eigenvalue weighted by Crippen LogP contribution is -2.25. The fraction of sp³-hybridized carbons (Fsp3) is 0.788. The van der Waals surface area contributed by atoms with Crippen molar-refractivity contribution in [3.63, 3.8) is 0 Å². The summed E-state index contributed by atoms with van der Waals surface area (Å²) in [6, 6.07) is 2.43. The number of nitrogens with two attached hydrogens (primary N) is 1. The van der Waals surface area contributed by atoms with Crippen LogP contribution >= 0.6 is 0 Å². The van der Waals surface area contributed by atoms with E-state index in [1.54, 1.807) is 0 Å². The maximum Gasteiger partial charge on any atom is 0.255 e. The zero-order valence-corrected chi connectivity index (χ0v) is 28.7. The number of unbranched alkanes of at least 4 members (excludes halogenated alkanes) is 18. The van der Waals surface area contributed by atoms with Crippen LogP contribution in [0.25, 0.3) is 0 Å². The third-order valence-corrected chi connectivity index (χ3v) is 11.6. The highest BCUT2D eigenvalue weighted by atomic mass is 32.2. The largest absolute Gasteiger partial charge is 0.397 e. The summed E-state index contributed by atoms with van der Waals surface area (Å²) >= 11 is 0. The smallest absolute Gasteiger partial charge is 0.255 e. The first-order valence-corrected chi connectivity index (χ1v) is 19.9. The molecule has 0 aliphatic heterocycles. The molecule has 1 rings (SSSR count). The van der Waals surface area contributed by atoms with E-state index in [0.717, 1.165) is 38.5 Å². The summed E-state index contributed by atoms with van der Waals surface area (Å²) in [5.41, 5.74) is 5.98. The van der Waals surface area contributed by atoms with Crippen LogP contribution in [0.4, 0.5) is 5.69 Å². The van der Waals surface area contributed by atoms with E-state index >= 15 is 0 Å². The van der Waals surface area contributed by atoms with Gasteiger partial charge in [0.05, 0.1) is 32.5 Å². The maximum atomic E-state index is 13.4. The topological polar surface area (TPSA) is 115 Å². The number of benzene rings is 1. The van der Waals surface area contributed by atoms with Gasteiger partial charge in [-0.25, -0.2) is 16.8 Å². The van der Waals surface area contributed by atoms with Crippen LogP contribution in [0.2, 0.25) is 0 Å². The average molecular weight is 629 g/mol. The number of hydrogen-bond acceptors (Lipinski definition) is 6. The van der Waals surface area contributed by atoms with E-state index in [1.165, 1.54) is 108 Å². The lowest BCUT2D eigenvalue weighted by Gasteiger charge is -2.17. The second kappa shape index (κ2) is 21.2. The zero-order chi connectivity index (χ0) is 31.4. The molecule has 0 bridgehead atoms. The Kier molecular flexibility index (Phi) is 19.3. The second-order valence-electron chi connectivity index (χ2n) is 12.1. The molecule has 0 aromatic heterocycles. The minimum Gasteiger partial charge on any atom is -0.397 e. The number of anilines is 1. The first-order valence-electron chi connectivity index (χ1n) is 16.6. The van der Waals surface area contributed by atoms with Crippen LogP contribution in [-0.2, 0) is 19.7 Å². The maximum absolute atomic E-state index is 13.4. The van der Waals surface area contributed by atoms with E-state index in [2.05, 4.69) is 13.8 Å². The highest BCUT2D eigenvalue weighted by Gasteiger charge is 2.27. The molecule has 0 saturated heterocycles. The molecule has 0 spiro atoms. The van der Waals surface area contributed by atoms with Gasteiger partial charge in [-0.2, -0.15) is 0 Å². The third-order valence-electron chi connectivity index (χ3n) is 7.98. The van der Waals surface area contributed by atoms with E-state index in [1.807, 2.05) is 0 Å². The van der Waals surface area contributed by atoms with Crippen molar-refractivity contribution in [1.82, 2.24) is 4.90 Å². The molecule has 0 aliphatic rings. The molecule has 1 amide bonds. The van der Waals surface area contributed by atoms with Gasteiger partial charge in [0, 0.05) is 14.1 Å². The highest BCUT2D eigenvalue weighted by Crippen LogP contribution is 2.30. The Labute approximate surface area is 258 Å². The number of hydrogen-bond donors (Lipinski definition) is 1. The van der Waals surface area contributed by atoms with Crippen LogP contribution < -0.4 is 5.73 Å². The van der Waals surface area contributed by atoms with Gasteiger partial charge in [-0.15, -0.1) is 0 Å². The van der Waals surface area contributed by atoms with Crippen LogP contribution in [0.1, 0.15) is 153 Å². The molecule has 0 heterocycles. The summed E-state index contributed by atoms with van der Waals surface area (Å²) in [6.45, 7) is 4.41. The molecule has 2 N–H and O–H groups in total. The Morgan fingerprint density at radius 1 is 0.595 bits per heavy atom. The molecule has 42 heavy (non-hydrogen) atoms. The summed E-state index contributed by atoms with van der Waals surface area (Å²) < 4.78 is 53.3. The predicted molar refractivity (Wildman–Crippen MR) is 177 cm³/mol. The molecular weight excluding hydrogens is 569 g/mol. The molecule has 0 aliphatic carbocycles. The van der Waals surface area contributed by atoms with E-state index < -0.39 is 25.6 Å². The molecule has 9 heteroatoms. The number of carbonyl (C=O) groups is 1. The lowest BCUT2D eigenvalue weighted by molar-refractivity contribution is 0.0828. The molecule has 7 nitrogen and oxygen atoms in total. The minimum absolute atomic E-state index is 0.0780. The Hall–Kier alpha value is -1.61. The lowest BCUT2D eigenvalue weighted by atomic mass is 10.1. The second-order valence-corrected chi connectivity index (χ2v) is 16.3. The van der Waals surface area contributed by atoms with Crippen molar-refractivity contribution < 1.29 is 21.6 Å². The number of nitrogens with zero attached hydrogens (tertiary/aromatic N) is 1. The van der Waals surface area contributed by atoms with Gasteiger partial charge in [-0.05, 0) is 25.0 Å². The van der Waals surface area contributed by atoms with E-state index in [4.69, 9.17) is 5.73 Å². The molecule has 1 aromatic carbocycles. The predicted octanol–water partition coefficient (Wildman–Crippen LogP) is 8.36. The summed E-state index contributed by atoms with van der Waals surface area (Å²) in [5, 5.41) is 0. The highest BCUT2D eigenvalue weighted by molar-refractivity contribution is 7.92. The number of amides is 1. The van der Waals surface area contributed by atoms with Crippen LogP contribution in [0.3, 0.4) is 0 Å². The molecule has 0 radical (unpaired) electrons. The Morgan fingerprint density at radius 2 is 0.952 bits per heavy atom. The zero-order valence-electron chi connectivity index (χ0n) is 27.1. The summed E-state index contributed by atoms with van der Waals surface area (Å²) in [5.74, 6) is -0.717. The number of sulfone groups is 2. The van der Waals surface area contributed by atoms with E-state index in [9.17, 15) is 21.6 Å². The fourth-order valence-electron chi connectivity index (χ4n) is 5.24. The molecule has 1 aromatic rings. The number of nitrogen functional groups attached to an aromatic ring is 1. The van der Waals surface area contributed by atoms with Crippen LogP contribution in [0.15, 0.2) is 21.9 Å². The SMILES string of the molecule is CCCCCCCCCCCCS(=O)(=O)c1cc(C(=O)N(C)C)c(N)c(S(=O)(=O)CCCCCCCCCCCC)c1. The van der Waals surface area contributed by atoms with Gasteiger partial charge in [0.1, 0.15) is 0 Å². The Morgan fingerprint density at radius 3 is 1.33 bits per heavy atom. The van der Waals surface area contributed by atoms with Gasteiger partial charge in [-0.1, -0.05) is 129 Å². The summed E-state index contributed by atoms with van der Waals surface area (Å²) in [4.78, 5) is 13.8. The van der Waals surface area contributed by atoms with Gasteiger partial charge in [0.2, 0.25) is 0 Å². The molecule has 0 unspecified atom stereocenters. The van der Waals surface area contributed by atoms with Crippen LogP contribution in [0.5, 0.6) is 0 Å². The Bertz CT molecular complexity index is 1120.